The van der Waals surface area contributed by atoms with Crippen LogP contribution in [0, 0.1) is 11.6 Å². The van der Waals surface area contributed by atoms with Crippen molar-refractivity contribution >= 4 is 29.9 Å². The average molecular weight is 512 g/mol. The van der Waals surface area contributed by atoms with Crippen LogP contribution >= 0.6 is 24.0 Å². The van der Waals surface area contributed by atoms with Crippen molar-refractivity contribution in [3.05, 3.63) is 77.7 Å². The van der Waals surface area contributed by atoms with E-state index in [2.05, 4.69) is 20.6 Å². The number of benzene rings is 2. The van der Waals surface area contributed by atoms with Gasteiger partial charge < -0.3 is 15.1 Å². The molecule has 1 aromatic heterocycles. The lowest BCUT2D eigenvalue weighted by Gasteiger charge is -2.11. The first-order valence-electron chi connectivity index (χ1n) is 9.11. The second-order valence-corrected chi connectivity index (χ2v) is 6.12. The van der Waals surface area contributed by atoms with Gasteiger partial charge in [-0.2, -0.15) is 0 Å². The predicted molar refractivity (Wildman–Crippen MR) is 120 cm³/mol. The molecule has 0 aliphatic carbocycles. The van der Waals surface area contributed by atoms with Crippen molar-refractivity contribution < 1.29 is 13.2 Å². The minimum Gasteiger partial charge on any atom is -0.444 e. The topological polar surface area (TPSA) is 62.5 Å². The molecule has 0 aliphatic rings. The highest BCUT2D eigenvalue weighted by molar-refractivity contribution is 14.0. The summed E-state index contributed by atoms with van der Waals surface area (Å²) in [6.07, 6.45) is 1.92. The predicted octanol–water partition coefficient (Wildman–Crippen LogP) is 4.54. The van der Waals surface area contributed by atoms with Gasteiger partial charge in [-0.05, 0) is 49.2 Å². The summed E-state index contributed by atoms with van der Waals surface area (Å²) in [5.74, 6) is 0.257. The maximum Gasteiger partial charge on any atom is 0.226 e. The highest BCUT2D eigenvalue weighted by Gasteiger charge is 2.07. The molecule has 0 aliphatic heterocycles. The molecule has 0 unspecified atom stereocenters. The van der Waals surface area contributed by atoms with Crippen LogP contribution in [0.5, 0.6) is 0 Å². The van der Waals surface area contributed by atoms with Crippen LogP contribution < -0.4 is 10.6 Å². The van der Waals surface area contributed by atoms with Crippen molar-refractivity contribution in [2.24, 2.45) is 4.99 Å². The van der Waals surface area contributed by atoms with Gasteiger partial charge in [0.05, 0.1) is 6.54 Å². The number of hydrogen-bond acceptors (Lipinski definition) is 3. The van der Waals surface area contributed by atoms with Crippen molar-refractivity contribution in [1.29, 1.82) is 0 Å². The summed E-state index contributed by atoms with van der Waals surface area (Å²) >= 11 is 0. The molecule has 3 aromatic rings. The molecule has 0 saturated carbocycles. The van der Waals surface area contributed by atoms with Crippen LogP contribution in [0.2, 0.25) is 0 Å². The van der Waals surface area contributed by atoms with Crippen LogP contribution in [-0.2, 0) is 13.0 Å². The highest BCUT2D eigenvalue weighted by atomic mass is 127. The number of nitrogens with one attached hydrogen (secondary N) is 2. The summed E-state index contributed by atoms with van der Waals surface area (Å²) in [6.45, 7) is 3.38. The van der Waals surface area contributed by atoms with Crippen molar-refractivity contribution in [3.63, 3.8) is 0 Å². The minimum atomic E-state index is -0.447. The Bertz CT molecular complexity index is 931. The molecule has 154 valence electrons. The van der Waals surface area contributed by atoms with Gasteiger partial charge >= 0.3 is 0 Å². The Labute approximate surface area is 185 Å². The summed E-state index contributed by atoms with van der Waals surface area (Å²) in [4.78, 5) is 8.91. The van der Waals surface area contributed by atoms with Gasteiger partial charge in [-0.25, -0.2) is 18.8 Å². The fraction of sp³-hybridized carbons (Fsp3) is 0.238. The van der Waals surface area contributed by atoms with Crippen molar-refractivity contribution in [2.45, 2.75) is 19.9 Å². The number of aromatic nitrogens is 1. The van der Waals surface area contributed by atoms with Crippen LogP contribution in [0.4, 0.5) is 8.78 Å². The van der Waals surface area contributed by atoms with Crippen LogP contribution in [-0.4, -0.2) is 24.0 Å². The average Bonchev–Trinajstić information content (AvgIpc) is 3.18. The van der Waals surface area contributed by atoms with E-state index in [9.17, 15) is 8.78 Å². The Morgan fingerprint density at radius 1 is 1.10 bits per heavy atom. The molecule has 0 radical (unpaired) electrons. The van der Waals surface area contributed by atoms with Gasteiger partial charge in [-0.3, -0.25) is 0 Å². The molecule has 29 heavy (non-hydrogen) atoms. The fourth-order valence-electron chi connectivity index (χ4n) is 2.65. The molecule has 0 atom stereocenters. The second kappa shape index (κ2) is 11.5. The molecule has 8 heteroatoms. The van der Waals surface area contributed by atoms with E-state index in [4.69, 9.17) is 4.42 Å². The molecular weight excluding hydrogens is 489 g/mol. The molecule has 2 aromatic carbocycles. The smallest absolute Gasteiger partial charge is 0.226 e. The van der Waals surface area contributed by atoms with Gasteiger partial charge in [-0.1, -0.05) is 18.2 Å². The largest absolute Gasteiger partial charge is 0.444 e. The summed E-state index contributed by atoms with van der Waals surface area (Å²) in [7, 11) is 0. The lowest BCUT2D eigenvalue weighted by molar-refractivity contribution is 0.572. The van der Waals surface area contributed by atoms with E-state index < -0.39 is 11.6 Å². The third-order valence-electron chi connectivity index (χ3n) is 4.01. The molecule has 1 heterocycles. The minimum absolute atomic E-state index is 0. The zero-order chi connectivity index (χ0) is 19.8. The van der Waals surface area contributed by atoms with Crippen molar-refractivity contribution in [2.75, 3.05) is 13.1 Å². The molecule has 2 N–H and O–H groups in total. The van der Waals surface area contributed by atoms with Gasteiger partial charge in [0.25, 0.3) is 0 Å². The lowest BCUT2D eigenvalue weighted by Crippen LogP contribution is -2.38. The third kappa shape index (κ3) is 6.81. The Morgan fingerprint density at radius 3 is 2.66 bits per heavy atom. The Hall–Kier alpha value is -2.49. The van der Waals surface area contributed by atoms with E-state index in [1.54, 1.807) is 6.26 Å². The fourth-order valence-corrected chi connectivity index (χ4v) is 2.65. The monoisotopic (exact) mass is 512 g/mol. The number of oxazole rings is 1. The summed E-state index contributed by atoms with van der Waals surface area (Å²) < 4.78 is 32.5. The SMILES string of the molecule is CCNC(=NCc1coc(-c2ccccc2)n1)NCCc1cc(F)ccc1F.I. The lowest BCUT2D eigenvalue weighted by atomic mass is 10.1. The molecular formula is C21H23F2IN4O. The summed E-state index contributed by atoms with van der Waals surface area (Å²) in [5.41, 5.74) is 1.93. The van der Waals surface area contributed by atoms with E-state index in [1.807, 2.05) is 37.3 Å². The number of nitrogens with zero attached hydrogens (tertiary/aromatic N) is 2. The zero-order valence-corrected chi connectivity index (χ0v) is 18.3. The number of hydrogen-bond donors (Lipinski definition) is 2. The Kier molecular flexibility index (Phi) is 9.04. The molecule has 0 fully saturated rings. The first-order chi connectivity index (χ1) is 13.7. The normalized spacial score (nSPS) is 11.1. The number of aliphatic imine (C=N–C) groups is 1. The van der Waals surface area contributed by atoms with E-state index >= 15 is 0 Å². The molecule has 0 saturated heterocycles. The number of halogens is 3. The molecule has 0 amide bonds. The van der Waals surface area contributed by atoms with E-state index in [1.165, 1.54) is 6.07 Å². The van der Waals surface area contributed by atoms with Crippen LogP contribution in [0.25, 0.3) is 11.5 Å². The van der Waals surface area contributed by atoms with E-state index in [-0.39, 0.29) is 24.0 Å². The maximum atomic E-state index is 13.7. The van der Waals surface area contributed by atoms with Gasteiger partial charge in [0.15, 0.2) is 5.96 Å². The van der Waals surface area contributed by atoms with Crippen molar-refractivity contribution in [3.8, 4) is 11.5 Å². The molecule has 5 nitrogen and oxygen atoms in total. The molecule has 0 bridgehead atoms. The highest BCUT2D eigenvalue weighted by Crippen LogP contribution is 2.18. The summed E-state index contributed by atoms with van der Waals surface area (Å²) in [5, 5.41) is 6.23. The van der Waals surface area contributed by atoms with Gasteiger partial charge in [0, 0.05) is 18.7 Å². The second-order valence-electron chi connectivity index (χ2n) is 6.12. The van der Waals surface area contributed by atoms with Gasteiger partial charge in [0.1, 0.15) is 23.6 Å². The van der Waals surface area contributed by atoms with Gasteiger partial charge in [-0.15, -0.1) is 24.0 Å². The van der Waals surface area contributed by atoms with Crippen LogP contribution in [0.1, 0.15) is 18.2 Å². The first kappa shape index (κ1) is 22.8. The van der Waals surface area contributed by atoms with Crippen LogP contribution in [0.15, 0.2) is 64.2 Å². The molecule has 3 rings (SSSR count). The number of guanidine groups is 1. The van der Waals surface area contributed by atoms with E-state index in [0.717, 1.165) is 17.7 Å². The van der Waals surface area contributed by atoms with E-state index in [0.29, 0.717) is 49.2 Å². The maximum absolute atomic E-state index is 13.7. The molecule has 0 spiro atoms. The summed E-state index contributed by atoms with van der Waals surface area (Å²) in [6, 6.07) is 13.1. The van der Waals surface area contributed by atoms with Crippen LogP contribution in [0.3, 0.4) is 0 Å². The van der Waals surface area contributed by atoms with Crippen molar-refractivity contribution in [1.82, 2.24) is 15.6 Å². The zero-order valence-electron chi connectivity index (χ0n) is 16.0. The first-order valence-corrected chi connectivity index (χ1v) is 9.11. The number of rotatable bonds is 7. The quantitative estimate of drug-likeness (QED) is 0.278. The Balaban J connectivity index is 0.00000300. The van der Waals surface area contributed by atoms with Gasteiger partial charge in [0.2, 0.25) is 5.89 Å². The third-order valence-corrected chi connectivity index (χ3v) is 4.01. The standard InChI is InChI=1S/C21H22F2N4O.HI/c1-2-24-21(25-11-10-16-12-17(22)8-9-19(16)23)26-13-18-14-28-20(27-18)15-6-4-3-5-7-15;/h3-9,12,14H,2,10-11,13H2,1H3,(H2,24,25,26);1H. The Morgan fingerprint density at radius 2 is 1.90 bits per heavy atom.